The van der Waals surface area contributed by atoms with Crippen molar-refractivity contribution in [1.29, 1.82) is 0 Å². The molecule has 0 amide bonds. The lowest BCUT2D eigenvalue weighted by atomic mass is 10.3. The maximum Gasteiger partial charge on any atom is 0.347 e. The number of carboxylic acid groups (broad SMARTS) is 1. The van der Waals surface area contributed by atoms with Crippen LogP contribution in [0, 0.1) is 6.92 Å². The van der Waals surface area contributed by atoms with Crippen molar-refractivity contribution in [2.75, 3.05) is 6.54 Å². The summed E-state index contributed by atoms with van der Waals surface area (Å²) in [6.07, 6.45) is 1.44. The van der Waals surface area contributed by atoms with Crippen LogP contribution in [0.3, 0.4) is 0 Å². The maximum absolute atomic E-state index is 12.1. The molecule has 0 radical (unpaired) electrons. The number of thiophene rings is 1. The molecule has 2 N–H and O–H groups in total. The molecule has 0 unspecified atom stereocenters. The summed E-state index contributed by atoms with van der Waals surface area (Å²) in [4.78, 5) is 14.4. The molecule has 0 bridgehead atoms. The number of nitrogens with one attached hydrogen (secondary N) is 1. The van der Waals surface area contributed by atoms with E-state index in [1.807, 2.05) is 0 Å². The molecule has 0 fully saturated rings. The van der Waals surface area contributed by atoms with E-state index in [4.69, 9.17) is 9.63 Å². The van der Waals surface area contributed by atoms with Gasteiger partial charge in [0.1, 0.15) is 9.77 Å². The Morgan fingerprint density at radius 2 is 2.30 bits per heavy atom. The normalized spacial score (nSPS) is 11.7. The van der Waals surface area contributed by atoms with Crippen molar-refractivity contribution < 1.29 is 22.8 Å². The van der Waals surface area contributed by atoms with Gasteiger partial charge in [-0.1, -0.05) is 5.16 Å². The monoisotopic (exact) mass is 317 g/mol. The number of carboxylic acids is 1. The van der Waals surface area contributed by atoms with E-state index in [0.717, 1.165) is 11.3 Å². The van der Waals surface area contributed by atoms with Gasteiger partial charge in [0.25, 0.3) is 0 Å². The molecule has 10 heteroatoms. The summed E-state index contributed by atoms with van der Waals surface area (Å²) in [6.45, 7) is 1.59. The zero-order chi connectivity index (χ0) is 14.8. The summed E-state index contributed by atoms with van der Waals surface area (Å²) in [5, 5.41) is 13.9. The summed E-state index contributed by atoms with van der Waals surface area (Å²) < 4.78 is 31.3. The molecule has 0 saturated heterocycles. The molecule has 0 spiro atoms. The molecule has 8 nitrogen and oxygen atoms in total. The number of rotatable bonds is 6. The molecule has 2 heterocycles. The number of aromatic carboxylic acids is 1. The Bertz CT molecular complexity index is 705. The largest absolute Gasteiger partial charge is 0.477 e. The molecule has 2 aromatic rings. The van der Waals surface area contributed by atoms with Crippen molar-refractivity contribution in [3.8, 4) is 0 Å². The minimum Gasteiger partial charge on any atom is -0.477 e. The van der Waals surface area contributed by atoms with Crippen molar-refractivity contribution in [3.05, 3.63) is 28.0 Å². The molecular formula is C10H11N3O5S2. The van der Waals surface area contributed by atoms with Gasteiger partial charge in [-0.3, -0.25) is 0 Å². The summed E-state index contributed by atoms with van der Waals surface area (Å²) in [5.74, 6) is -0.964. The predicted molar refractivity (Wildman–Crippen MR) is 69.2 cm³/mol. The number of nitrogens with zero attached hydrogens (tertiary/aromatic N) is 2. The van der Waals surface area contributed by atoms with Gasteiger partial charge in [-0.15, -0.1) is 11.3 Å². The lowest BCUT2D eigenvalue weighted by Gasteiger charge is -2.06. The van der Waals surface area contributed by atoms with Crippen molar-refractivity contribution in [2.45, 2.75) is 18.2 Å². The lowest BCUT2D eigenvalue weighted by molar-refractivity contribution is 0.0698. The second kappa shape index (κ2) is 5.69. The second-order valence-corrected chi connectivity index (χ2v) is 6.45. The first kappa shape index (κ1) is 14.6. The second-order valence-electron chi connectivity index (χ2n) is 3.86. The first-order valence-electron chi connectivity index (χ1n) is 5.48. The fourth-order valence-corrected chi connectivity index (χ4v) is 4.24. The van der Waals surface area contributed by atoms with Crippen LogP contribution in [0.5, 0.6) is 0 Å². The fraction of sp³-hybridized carbons (Fsp3) is 0.300. The first-order valence-corrected chi connectivity index (χ1v) is 7.84. The Morgan fingerprint density at radius 1 is 1.55 bits per heavy atom. The number of aryl methyl sites for hydroxylation is 1. The number of hydrogen-bond acceptors (Lipinski definition) is 7. The summed E-state index contributed by atoms with van der Waals surface area (Å²) in [6, 6.07) is 0. The highest BCUT2D eigenvalue weighted by Crippen LogP contribution is 2.26. The number of aromatic nitrogens is 2. The standard InChI is InChI=1S/C10H11N3O5S2/c1-6-4-19-8(10(14)15)9(6)20(16,17)13-3-2-7-11-5-12-18-7/h4-5,13H,2-3H2,1H3,(H,14,15). The highest BCUT2D eigenvalue weighted by atomic mass is 32.2. The van der Waals surface area contributed by atoms with Crippen LogP contribution in [0.15, 0.2) is 21.1 Å². The van der Waals surface area contributed by atoms with Gasteiger partial charge in [0.05, 0.1) is 0 Å². The van der Waals surface area contributed by atoms with E-state index in [1.54, 1.807) is 6.92 Å². The molecule has 0 saturated carbocycles. The summed E-state index contributed by atoms with van der Waals surface area (Å²) >= 11 is 0.883. The van der Waals surface area contributed by atoms with Gasteiger partial charge in [0.2, 0.25) is 15.9 Å². The van der Waals surface area contributed by atoms with Crippen LogP contribution in [0.25, 0.3) is 0 Å². The topological polar surface area (TPSA) is 122 Å². The smallest absolute Gasteiger partial charge is 0.347 e. The van der Waals surface area contributed by atoms with Crippen LogP contribution in [-0.4, -0.2) is 36.2 Å². The number of hydrogen-bond donors (Lipinski definition) is 2. The van der Waals surface area contributed by atoms with Gasteiger partial charge in [-0.05, 0) is 17.9 Å². The molecule has 0 aromatic carbocycles. The van der Waals surface area contributed by atoms with E-state index in [0.29, 0.717) is 11.5 Å². The molecule has 0 aliphatic heterocycles. The molecule has 0 atom stereocenters. The van der Waals surface area contributed by atoms with E-state index in [9.17, 15) is 13.2 Å². The van der Waals surface area contributed by atoms with Crippen LogP contribution in [0.2, 0.25) is 0 Å². The van der Waals surface area contributed by atoms with Crippen molar-refractivity contribution in [1.82, 2.24) is 14.9 Å². The molecule has 2 rings (SSSR count). The average molecular weight is 317 g/mol. The van der Waals surface area contributed by atoms with E-state index < -0.39 is 16.0 Å². The average Bonchev–Trinajstić information content (AvgIpc) is 2.98. The van der Waals surface area contributed by atoms with Crippen LogP contribution >= 0.6 is 11.3 Å². The van der Waals surface area contributed by atoms with Crippen molar-refractivity contribution in [2.24, 2.45) is 0 Å². The molecule has 0 aliphatic carbocycles. The van der Waals surface area contributed by atoms with Gasteiger partial charge >= 0.3 is 5.97 Å². The zero-order valence-electron chi connectivity index (χ0n) is 10.4. The third-order valence-corrected chi connectivity index (χ3v) is 5.28. The van der Waals surface area contributed by atoms with Crippen LogP contribution in [-0.2, 0) is 16.4 Å². The van der Waals surface area contributed by atoms with E-state index in [-0.39, 0.29) is 22.7 Å². The Morgan fingerprint density at radius 3 is 2.90 bits per heavy atom. The Kier molecular flexibility index (Phi) is 4.16. The van der Waals surface area contributed by atoms with Gasteiger partial charge in [0, 0.05) is 13.0 Å². The molecular weight excluding hydrogens is 306 g/mol. The minimum absolute atomic E-state index is 0.0405. The Labute approximate surface area is 118 Å². The van der Waals surface area contributed by atoms with Crippen LogP contribution in [0.4, 0.5) is 0 Å². The predicted octanol–water partition coefficient (Wildman–Crippen LogP) is 0.659. The van der Waals surface area contributed by atoms with Crippen LogP contribution < -0.4 is 4.72 Å². The Hall–Kier alpha value is -1.78. The summed E-state index contributed by atoms with van der Waals surface area (Å²) in [7, 11) is -3.89. The van der Waals surface area contributed by atoms with Crippen molar-refractivity contribution in [3.63, 3.8) is 0 Å². The van der Waals surface area contributed by atoms with Gasteiger partial charge in [-0.2, -0.15) is 4.98 Å². The number of sulfonamides is 1. The molecule has 0 aliphatic rings. The third kappa shape index (κ3) is 3.03. The van der Waals surface area contributed by atoms with Crippen LogP contribution in [0.1, 0.15) is 21.1 Å². The van der Waals surface area contributed by atoms with Gasteiger partial charge in [0.15, 0.2) is 6.33 Å². The van der Waals surface area contributed by atoms with E-state index in [1.165, 1.54) is 11.7 Å². The fourth-order valence-electron chi connectivity index (χ4n) is 1.59. The van der Waals surface area contributed by atoms with Gasteiger partial charge < -0.3 is 9.63 Å². The highest BCUT2D eigenvalue weighted by Gasteiger charge is 2.26. The van der Waals surface area contributed by atoms with Gasteiger partial charge in [-0.25, -0.2) is 17.9 Å². The SMILES string of the molecule is Cc1csc(C(=O)O)c1S(=O)(=O)NCCc1ncno1. The zero-order valence-corrected chi connectivity index (χ0v) is 12.0. The third-order valence-electron chi connectivity index (χ3n) is 2.42. The summed E-state index contributed by atoms with van der Waals surface area (Å²) in [5.41, 5.74) is 0.401. The van der Waals surface area contributed by atoms with Crippen molar-refractivity contribution >= 4 is 27.3 Å². The maximum atomic E-state index is 12.1. The molecule has 2 aromatic heterocycles. The van der Waals surface area contributed by atoms with E-state index >= 15 is 0 Å². The first-order chi connectivity index (χ1) is 9.42. The van der Waals surface area contributed by atoms with E-state index in [2.05, 4.69) is 14.9 Å². The highest BCUT2D eigenvalue weighted by molar-refractivity contribution is 7.89. The molecule has 108 valence electrons. The minimum atomic E-state index is -3.89. The number of carbonyl (C=O) groups is 1. The quantitative estimate of drug-likeness (QED) is 0.802. The molecule has 20 heavy (non-hydrogen) atoms. The lowest BCUT2D eigenvalue weighted by Crippen LogP contribution is -2.27. The Balaban J connectivity index is 2.14.